The number of benzene rings is 2. The van der Waals surface area contributed by atoms with E-state index in [1.807, 2.05) is 23.1 Å². The molecule has 2 aromatic rings. The summed E-state index contributed by atoms with van der Waals surface area (Å²) in [7, 11) is 0. The van der Waals surface area contributed by atoms with E-state index in [1.165, 1.54) is 5.56 Å². The number of rotatable bonds is 5. The molecule has 3 rings (SSSR count). The molecule has 1 heterocycles. The van der Waals surface area contributed by atoms with Gasteiger partial charge in [-0.2, -0.15) is 0 Å². The molecule has 1 aliphatic heterocycles. The molecule has 24 heavy (non-hydrogen) atoms. The third kappa shape index (κ3) is 3.56. The van der Waals surface area contributed by atoms with Gasteiger partial charge in [-0.3, -0.25) is 9.59 Å². The highest BCUT2D eigenvalue weighted by molar-refractivity contribution is 5.94. The van der Waals surface area contributed by atoms with Crippen molar-refractivity contribution in [3.63, 3.8) is 0 Å². The lowest BCUT2D eigenvalue weighted by molar-refractivity contribution is -0.119. The number of hydrogen-bond donors (Lipinski definition) is 1. The lowest BCUT2D eigenvalue weighted by atomic mass is 10.0. The normalized spacial score (nSPS) is 13.2. The molecule has 0 saturated heterocycles. The highest BCUT2D eigenvalue weighted by Gasteiger charge is 2.21. The molecule has 0 saturated carbocycles. The lowest BCUT2D eigenvalue weighted by Gasteiger charge is -2.29. The largest absolute Gasteiger partial charge is 0.493 e. The first-order chi connectivity index (χ1) is 11.6. The van der Waals surface area contributed by atoms with Crippen LogP contribution in [0.2, 0.25) is 0 Å². The Kier molecular flexibility index (Phi) is 4.79. The van der Waals surface area contributed by atoms with E-state index < -0.39 is 5.91 Å². The van der Waals surface area contributed by atoms with Gasteiger partial charge in [-0.05, 0) is 42.7 Å². The van der Waals surface area contributed by atoms with Crippen molar-refractivity contribution in [1.29, 1.82) is 0 Å². The Balaban J connectivity index is 1.59. The Morgan fingerprint density at radius 2 is 1.96 bits per heavy atom. The number of aryl methyl sites for hydroxylation is 1. The molecule has 2 amide bonds. The van der Waals surface area contributed by atoms with Crippen LogP contribution in [-0.4, -0.2) is 25.0 Å². The summed E-state index contributed by atoms with van der Waals surface area (Å²) in [6.45, 7) is 1.01. The number of anilines is 1. The van der Waals surface area contributed by atoms with Crippen LogP contribution in [0.4, 0.5) is 5.69 Å². The van der Waals surface area contributed by atoms with Crippen LogP contribution in [0.25, 0.3) is 0 Å². The number of ether oxygens (including phenoxy) is 1. The van der Waals surface area contributed by atoms with Crippen molar-refractivity contribution < 1.29 is 14.3 Å². The SMILES string of the molecule is NC(=O)c1cccc(OCCC(=O)N2CCCc3ccccc32)c1. The molecule has 2 N–H and O–H groups in total. The summed E-state index contributed by atoms with van der Waals surface area (Å²) >= 11 is 0. The number of fused-ring (bicyclic) bond motifs is 1. The molecule has 0 aliphatic carbocycles. The standard InChI is InChI=1S/C19H20N2O3/c20-19(23)15-6-3-8-16(13-15)24-12-10-18(22)21-11-4-7-14-5-1-2-9-17(14)21/h1-3,5-6,8-9,13H,4,7,10-12H2,(H2,20,23). The molecular weight excluding hydrogens is 304 g/mol. The molecule has 0 bridgehead atoms. The maximum Gasteiger partial charge on any atom is 0.248 e. The average Bonchev–Trinajstić information content (AvgIpc) is 2.61. The molecule has 0 atom stereocenters. The first kappa shape index (κ1) is 16.1. The molecule has 0 spiro atoms. The van der Waals surface area contributed by atoms with Crippen LogP contribution in [0.15, 0.2) is 48.5 Å². The predicted molar refractivity (Wildman–Crippen MR) is 92.2 cm³/mol. The van der Waals surface area contributed by atoms with Gasteiger partial charge in [0.2, 0.25) is 11.8 Å². The van der Waals surface area contributed by atoms with E-state index in [9.17, 15) is 9.59 Å². The zero-order valence-electron chi connectivity index (χ0n) is 13.4. The van der Waals surface area contributed by atoms with Gasteiger partial charge in [-0.15, -0.1) is 0 Å². The first-order valence-electron chi connectivity index (χ1n) is 8.06. The first-order valence-corrected chi connectivity index (χ1v) is 8.06. The fourth-order valence-electron chi connectivity index (χ4n) is 2.92. The predicted octanol–water partition coefficient (Wildman–Crippen LogP) is 2.53. The van der Waals surface area contributed by atoms with Gasteiger partial charge >= 0.3 is 0 Å². The smallest absolute Gasteiger partial charge is 0.248 e. The Labute approximate surface area is 141 Å². The van der Waals surface area contributed by atoms with Crippen molar-refractivity contribution in [2.24, 2.45) is 5.73 Å². The summed E-state index contributed by atoms with van der Waals surface area (Å²) in [5.74, 6) is 0.0906. The van der Waals surface area contributed by atoms with Crippen LogP contribution in [0.3, 0.4) is 0 Å². The third-order valence-corrected chi connectivity index (χ3v) is 4.11. The summed E-state index contributed by atoms with van der Waals surface area (Å²) < 4.78 is 5.59. The minimum Gasteiger partial charge on any atom is -0.493 e. The van der Waals surface area contributed by atoms with Gasteiger partial charge in [0.05, 0.1) is 13.0 Å². The summed E-state index contributed by atoms with van der Waals surface area (Å²) in [5.41, 5.74) is 7.86. The molecule has 0 aromatic heterocycles. The van der Waals surface area contributed by atoms with Crippen molar-refractivity contribution in [2.45, 2.75) is 19.3 Å². The second kappa shape index (κ2) is 7.17. The van der Waals surface area contributed by atoms with Crippen LogP contribution in [0, 0.1) is 0 Å². The van der Waals surface area contributed by atoms with E-state index in [-0.39, 0.29) is 18.9 Å². The average molecular weight is 324 g/mol. The summed E-state index contributed by atoms with van der Waals surface area (Å²) in [4.78, 5) is 25.5. The molecule has 0 unspecified atom stereocenters. The van der Waals surface area contributed by atoms with Crippen molar-refractivity contribution in [1.82, 2.24) is 0 Å². The molecule has 124 valence electrons. The number of nitrogens with zero attached hydrogens (tertiary/aromatic N) is 1. The topological polar surface area (TPSA) is 72.6 Å². The van der Waals surface area contributed by atoms with Crippen LogP contribution >= 0.6 is 0 Å². The van der Waals surface area contributed by atoms with Gasteiger partial charge in [0.25, 0.3) is 0 Å². The van der Waals surface area contributed by atoms with Gasteiger partial charge in [0.1, 0.15) is 5.75 Å². The molecule has 5 heteroatoms. The molecular formula is C19H20N2O3. The molecule has 2 aromatic carbocycles. The van der Waals surface area contributed by atoms with E-state index in [0.29, 0.717) is 11.3 Å². The number of nitrogens with two attached hydrogens (primary N) is 1. The number of hydrogen-bond acceptors (Lipinski definition) is 3. The van der Waals surface area contributed by atoms with Crippen LogP contribution in [0.5, 0.6) is 5.75 Å². The fourth-order valence-corrected chi connectivity index (χ4v) is 2.92. The van der Waals surface area contributed by atoms with E-state index in [4.69, 9.17) is 10.5 Å². The molecule has 0 fully saturated rings. The van der Waals surface area contributed by atoms with Crippen molar-refractivity contribution in [3.05, 3.63) is 59.7 Å². The highest BCUT2D eigenvalue weighted by atomic mass is 16.5. The Morgan fingerprint density at radius 3 is 2.79 bits per heavy atom. The van der Waals surface area contributed by atoms with Gasteiger partial charge in [-0.1, -0.05) is 24.3 Å². The van der Waals surface area contributed by atoms with Crippen LogP contribution in [-0.2, 0) is 11.2 Å². The number of carbonyl (C=O) groups excluding carboxylic acids is 2. The molecule has 5 nitrogen and oxygen atoms in total. The van der Waals surface area contributed by atoms with E-state index in [0.717, 1.165) is 25.1 Å². The van der Waals surface area contributed by atoms with Crippen LogP contribution in [0.1, 0.15) is 28.8 Å². The Morgan fingerprint density at radius 1 is 1.12 bits per heavy atom. The van der Waals surface area contributed by atoms with Gasteiger partial charge in [0, 0.05) is 17.8 Å². The number of amides is 2. The van der Waals surface area contributed by atoms with Crippen LogP contribution < -0.4 is 15.4 Å². The maximum absolute atomic E-state index is 12.5. The molecule has 1 aliphatic rings. The lowest BCUT2D eigenvalue weighted by Crippen LogP contribution is -2.36. The van der Waals surface area contributed by atoms with Gasteiger partial charge in [-0.25, -0.2) is 0 Å². The number of carbonyl (C=O) groups is 2. The van der Waals surface area contributed by atoms with E-state index in [2.05, 4.69) is 6.07 Å². The summed E-state index contributed by atoms with van der Waals surface area (Å²) in [6, 6.07) is 14.7. The van der Waals surface area contributed by atoms with Crippen molar-refractivity contribution in [3.8, 4) is 5.75 Å². The monoisotopic (exact) mass is 324 g/mol. The third-order valence-electron chi connectivity index (χ3n) is 4.11. The maximum atomic E-state index is 12.5. The summed E-state index contributed by atoms with van der Waals surface area (Å²) in [5, 5.41) is 0. The zero-order chi connectivity index (χ0) is 16.9. The quantitative estimate of drug-likeness (QED) is 0.918. The van der Waals surface area contributed by atoms with Gasteiger partial charge < -0.3 is 15.4 Å². The minimum atomic E-state index is -0.499. The van der Waals surface area contributed by atoms with Gasteiger partial charge in [0.15, 0.2) is 0 Å². The number of primary amides is 1. The summed E-state index contributed by atoms with van der Waals surface area (Å²) in [6.07, 6.45) is 2.27. The molecule has 0 radical (unpaired) electrons. The van der Waals surface area contributed by atoms with Crippen molar-refractivity contribution >= 4 is 17.5 Å². The fraction of sp³-hybridized carbons (Fsp3) is 0.263. The van der Waals surface area contributed by atoms with E-state index in [1.54, 1.807) is 24.3 Å². The highest BCUT2D eigenvalue weighted by Crippen LogP contribution is 2.27. The Bertz CT molecular complexity index is 758. The second-order valence-corrected chi connectivity index (χ2v) is 5.77. The van der Waals surface area contributed by atoms with Crippen molar-refractivity contribution in [2.75, 3.05) is 18.1 Å². The van der Waals surface area contributed by atoms with E-state index >= 15 is 0 Å². The Hall–Kier alpha value is -2.82. The minimum absolute atomic E-state index is 0.0493. The zero-order valence-corrected chi connectivity index (χ0v) is 13.4. The number of para-hydroxylation sites is 1. The second-order valence-electron chi connectivity index (χ2n) is 5.77.